The van der Waals surface area contributed by atoms with Crippen LogP contribution < -0.4 is 4.74 Å². The van der Waals surface area contributed by atoms with E-state index < -0.39 is 12.6 Å². The predicted molar refractivity (Wildman–Crippen MR) is 62.2 cm³/mol. The third kappa shape index (κ3) is 2.87. The molecule has 1 heterocycles. The highest BCUT2D eigenvalue weighted by molar-refractivity contribution is 5.91. The lowest BCUT2D eigenvalue weighted by Gasteiger charge is -2.09. The van der Waals surface area contributed by atoms with Crippen LogP contribution in [0, 0.1) is 0 Å². The van der Waals surface area contributed by atoms with Crippen LogP contribution in [0.25, 0.3) is 11.1 Å². The van der Waals surface area contributed by atoms with E-state index in [4.69, 9.17) is 5.11 Å². The molecular weight excluding hydrogens is 258 g/mol. The van der Waals surface area contributed by atoms with Crippen molar-refractivity contribution in [2.24, 2.45) is 7.05 Å². The van der Waals surface area contributed by atoms with Crippen molar-refractivity contribution >= 4 is 5.97 Å². The molecule has 0 bridgehead atoms. The van der Waals surface area contributed by atoms with Gasteiger partial charge in [0.1, 0.15) is 11.3 Å². The lowest BCUT2D eigenvalue weighted by Crippen LogP contribution is -2.07. The number of aryl methyl sites for hydroxylation is 1. The normalized spacial score (nSPS) is 10.7. The molecule has 0 saturated carbocycles. The van der Waals surface area contributed by atoms with Gasteiger partial charge in [0.15, 0.2) is 0 Å². The number of carbonyl (C=O) groups is 1. The standard InChI is InChI=1S/C12H10F2N2O3/c1-16-6-8(5-15-16)7-2-3-9(11(17)18)10(4-7)19-12(13)14/h2-6,12H,1H3,(H,17,18). The Labute approximate surface area is 107 Å². The molecule has 0 fully saturated rings. The molecule has 0 saturated heterocycles. The molecule has 0 aliphatic carbocycles. The van der Waals surface area contributed by atoms with Gasteiger partial charge < -0.3 is 9.84 Å². The van der Waals surface area contributed by atoms with Gasteiger partial charge in [-0.1, -0.05) is 6.07 Å². The molecule has 2 aromatic rings. The topological polar surface area (TPSA) is 64.4 Å². The van der Waals surface area contributed by atoms with E-state index in [1.165, 1.54) is 18.2 Å². The molecule has 0 unspecified atom stereocenters. The van der Waals surface area contributed by atoms with Crippen LogP contribution in [-0.2, 0) is 7.05 Å². The van der Waals surface area contributed by atoms with E-state index in [-0.39, 0.29) is 11.3 Å². The van der Waals surface area contributed by atoms with Crippen molar-refractivity contribution in [3.63, 3.8) is 0 Å². The zero-order valence-electron chi connectivity index (χ0n) is 9.88. The largest absolute Gasteiger partial charge is 0.478 e. The van der Waals surface area contributed by atoms with Gasteiger partial charge in [0, 0.05) is 18.8 Å². The van der Waals surface area contributed by atoms with Gasteiger partial charge in [-0.25, -0.2) is 4.79 Å². The summed E-state index contributed by atoms with van der Waals surface area (Å²) in [5.41, 5.74) is 0.917. The Morgan fingerprint density at radius 1 is 1.42 bits per heavy atom. The van der Waals surface area contributed by atoms with Crippen LogP contribution in [0.2, 0.25) is 0 Å². The first-order valence-corrected chi connectivity index (χ1v) is 5.28. The SMILES string of the molecule is Cn1cc(-c2ccc(C(=O)O)c(OC(F)F)c2)cn1. The van der Waals surface area contributed by atoms with Crippen molar-refractivity contribution in [2.45, 2.75) is 6.61 Å². The maximum Gasteiger partial charge on any atom is 0.387 e. The lowest BCUT2D eigenvalue weighted by atomic mass is 10.1. The summed E-state index contributed by atoms with van der Waals surface area (Å²) >= 11 is 0. The van der Waals surface area contributed by atoms with Gasteiger partial charge in [0.25, 0.3) is 0 Å². The molecule has 7 heteroatoms. The maximum atomic E-state index is 12.3. The Morgan fingerprint density at radius 2 is 2.16 bits per heavy atom. The van der Waals surface area contributed by atoms with Crippen LogP contribution in [0.5, 0.6) is 5.75 Å². The summed E-state index contributed by atoms with van der Waals surface area (Å²) in [6.45, 7) is -3.08. The highest BCUT2D eigenvalue weighted by atomic mass is 19.3. The molecule has 5 nitrogen and oxygen atoms in total. The fraction of sp³-hybridized carbons (Fsp3) is 0.167. The number of ether oxygens (including phenoxy) is 1. The lowest BCUT2D eigenvalue weighted by molar-refractivity contribution is -0.0502. The number of carboxylic acid groups (broad SMARTS) is 1. The minimum atomic E-state index is -3.08. The van der Waals surface area contributed by atoms with Crippen molar-refractivity contribution in [3.8, 4) is 16.9 Å². The van der Waals surface area contributed by atoms with Crippen molar-refractivity contribution in [1.82, 2.24) is 9.78 Å². The van der Waals surface area contributed by atoms with Crippen molar-refractivity contribution in [3.05, 3.63) is 36.2 Å². The molecule has 2 rings (SSSR count). The van der Waals surface area contributed by atoms with Crippen LogP contribution in [-0.4, -0.2) is 27.5 Å². The second-order valence-electron chi connectivity index (χ2n) is 3.80. The number of nitrogens with zero attached hydrogens (tertiary/aromatic N) is 2. The van der Waals surface area contributed by atoms with Crippen molar-refractivity contribution in [2.75, 3.05) is 0 Å². The van der Waals surface area contributed by atoms with Gasteiger partial charge in [-0.15, -0.1) is 0 Å². The second kappa shape index (κ2) is 5.05. The number of benzene rings is 1. The highest BCUT2D eigenvalue weighted by Crippen LogP contribution is 2.28. The molecule has 1 aromatic heterocycles. The summed E-state index contributed by atoms with van der Waals surface area (Å²) in [5, 5.41) is 12.9. The fourth-order valence-corrected chi connectivity index (χ4v) is 1.64. The first kappa shape index (κ1) is 13.0. The quantitative estimate of drug-likeness (QED) is 0.924. The molecule has 1 N–H and O–H groups in total. The third-order valence-corrected chi connectivity index (χ3v) is 2.47. The van der Waals surface area contributed by atoms with Crippen LogP contribution in [0.15, 0.2) is 30.6 Å². The minimum Gasteiger partial charge on any atom is -0.478 e. The number of hydrogen-bond acceptors (Lipinski definition) is 3. The molecule has 0 spiro atoms. The van der Waals surface area contributed by atoms with E-state index in [2.05, 4.69) is 9.84 Å². The summed E-state index contributed by atoms with van der Waals surface area (Å²) in [4.78, 5) is 10.9. The minimum absolute atomic E-state index is 0.312. The Balaban J connectivity index is 2.45. The Bertz CT molecular complexity index is 611. The van der Waals surface area contributed by atoms with E-state index >= 15 is 0 Å². The molecule has 0 atom stereocenters. The first-order valence-electron chi connectivity index (χ1n) is 5.28. The van der Waals surface area contributed by atoms with E-state index in [9.17, 15) is 13.6 Å². The zero-order valence-corrected chi connectivity index (χ0v) is 9.88. The average molecular weight is 268 g/mol. The number of aromatic carboxylic acids is 1. The van der Waals surface area contributed by atoms with Gasteiger partial charge >= 0.3 is 12.6 Å². The van der Waals surface area contributed by atoms with Gasteiger partial charge in [0.05, 0.1) is 6.20 Å². The van der Waals surface area contributed by atoms with Crippen LogP contribution in [0.3, 0.4) is 0 Å². The van der Waals surface area contributed by atoms with E-state index in [1.54, 1.807) is 24.1 Å². The average Bonchev–Trinajstić information content (AvgIpc) is 2.74. The summed E-state index contributed by atoms with van der Waals surface area (Å²) in [6, 6.07) is 3.99. The van der Waals surface area contributed by atoms with Crippen LogP contribution in [0.1, 0.15) is 10.4 Å². The fourth-order valence-electron chi connectivity index (χ4n) is 1.64. The zero-order chi connectivity index (χ0) is 14.0. The second-order valence-corrected chi connectivity index (χ2v) is 3.80. The van der Waals surface area contributed by atoms with Crippen molar-refractivity contribution < 1.29 is 23.4 Å². The molecule has 1 aromatic carbocycles. The molecule has 0 amide bonds. The molecule has 0 aliphatic heterocycles. The molecule has 19 heavy (non-hydrogen) atoms. The van der Waals surface area contributed by atoms with Gasteiger partial charge in [-0.2, -0.15) is 13.9 Å². The Morgan fingerprint density at radius 3 is 2.68 bits per heavy atom. The molecule has 100 valence electrons. The van der Waals surface area contributed by atoms with Gasteiger partial charge in [0.2, 0.25) is 0 Å². The summed E-state index contributed by atoms with van der Waals surface area (Å²) < 4.78 is 30.3. The summed E-state index contributed by atoms with van der Waals surface area (Å²) in [5.74, 6) is -1.70. The Hall–Kier alpha value is -2.44. The predicted octanol–water partition coefficient (Wildman–Crippen LogP) is 2.39. The highest BCUT2D eigenvalue weighted by Gasteiger charge is 2.16. The number of aromatic nitrogens is 2. The third-order valence-electron chi connectivity index (χ3n) is 2.47. The van der Waals surface area contributed by atoms with E-state index in [0.717, 1.165) is 0 Å². The smallest absolute Gasteiger partial charge is 0.387 e. The number of carboxylic acids is 1. The number of rotatable bonds is 4. The molecular formula is C12H10F2N2O3. The monoisotopic (exact) mass is 268 g/mol. The van der Waals surface area contributed by atoms with Crippen LogP contribution in [0.4, 0.5) is 8.78 Å². The first-order chi connectivity index (χ1) is 8.97. The number of hydrogen-bond donors (Lipinski definition) is 1. The van der Waals surface area contributed by atoms with Crippen molar-refractivity contribution in [1.29, 1.82) is 0 Å². The molecule has 0 radical (unpaired) electrons. The van der Waals surface area contributed by atoms with E-state index in [1.807, 2.05) is 0 Å². The number of halogens is 2. The van der Waals surface area contributed by atoms with Gasteiger partial charge in [-0.05, 0) is 17.7 Å². The summed E-state index contributed by atoms with van der Waals surface area (Å²) in [7, 11) is 1.71. The molecule has 0 aliphatic rings. The Kier molecular flexibility index (Phi) is 3.46. The number of alkyl halides is 2. The van der Waals surface area contributed by atoms with Crippen LogP contribution >= 0.6 is 0 Å². The summed E-state index contributed by atoms with van der Waals surface area (Å²) in [6.07, 6.45) is 3.23. The van der Waals surface area contributed by atoms with E-state index in [0.29, 0.717) is 11.1 Å². The van der Waals surface area contributed by atoms with Gasteiger partial charge in [-0.3, -0.25) is 4.68 Å². The maximum absolute atomic E-state index is 12.3.